The van der Waals surface area contributed by atoms with Crippen LogP contribution in [-0.2, 0) is 10.0 Å². The van der Waals surface area contributed by atoms with E-state index in [1.165, 1.54) is 0 Å². The van der Waals surface area contributed by atoms with Crippen molar-refractivity contribution in [2.75, 3.05) is 13.1 Å². The maximum Gasteiger partial charge on any atom is 0.243 e. The van der Waals surface area contributed by atoms with E-state index < -0.39 is 10.0 Å². The van der Waals surface area contributed by atoms with Gasteiger partial charge in [-0.15, -0.1) is 0 Å². The van der Waals surface area contributed by atoms with Crippen molar-refractivity contribution in [1.29, 1.82) is 0 Å². The van der Waals surface area contributed by atoms with Crippen LogP contribution in [0.25, 0.3) is 0 Å². The fourth-order valence-electron chi connectivity index (χ4n) is 2.27. The third-order valence-electron chi connectivity index (χ3n) is 3.19. The van der Waals surface area contributed by atoms with Crippen molar-refractivity contribution in [3.63, 3.8) is 0 Å². The molecule has 0 bridgehead atoms. The predicted molar refractivity (Wildman–Crippen MR) is 67.1 cm³/mol. The van der Waals surface area contributed by atoms with Gasteiger partial charge in [-0.1, -0.05) is 12.1 Å². The Morgan fingerprint density at radius 3 is 2.88 bits per heavy atom. The average Bonchev–Trinajstić information content (AvgIpc) is 2.77. The molecule has 1 saturated heterocycles. The van der Waals surface area contributed by atoms with Crippen LogP contribution in [0.15, 0.2) is 29.2 Å². The number of sulfonamides is 1. The minimum atomic E-state index is -3.37. The Kier molecular flexibility index (Phi) is 3.51. The van der Waals surface area contributed by atoms with Crippen LogP contribution in [0.5, 0.6) is 0 Å². The van der Waals surface area contributed by atoms with E-state index >= 15 is 0 Å². The van der Waals surface area contributed by atoms with Crippen molar-refractivity contribution in [3.05, 3.63) is 29.8 Å². The Bertz CT molecular complexity index is 499. The van der Waals surface area contributed by atoms with Crippen molar-refractivity contribution in [3.8, 4) is 0 Å². The van der Waals surface area contributed by atoms with Gasteiger partial charge in [-0.25, -0.2) is 8.42 Å². The molecule has 4 nitrogen and oxygen atoms in total. The van der Waals surface area contributed by atoms with Crippen LogP contribution < -0.4 is 5.73 Å². The molecular formula is C12H18N2O2S. The van der Waals surface area contributed by atoms with Gasteiger partial charge < -0.3 is 5.73 Å². The third kappa shape index (κ3) is 2.36. The predicted octanol–water partition coefficient (Wildman–Crippen LogP) is 1.11. The normalized spacial score (nSPS) is 21.9. The molecule has 5 heteroatoms. The van der Waals surface area contributed by atoms with Crippen molar-refractivity contribution in [2.45, 2.75) is 30.7 Å². The maximum atomic E-state index is 12.4. The molecule has 0 spiro atoms. The largest absolute Gasteiger partial charge is 0.329 e. The Morgan fingerprint density at radius 1 is 1.47 bits per heavy atom. The van der Waals surface area contributed by atoms with E-state index in [2.05, 4.69) is 0 Å². The number of nitrogens with two attached hydrogens (primary N) is 1. The molecule has 1 heterocycles. The first kappa shape index (κ1) is 12.5. The molecule has 1 unspecified atom stereocenters. The van der Waals surface area contributed by atoms with E-state index in [4.69, 9.17) is 5.73 Å². The molecular weight excluding hydrogens is 236 g/mol. The highest BCUT2D eigenvalue weighted by molar-refractivity contribution is 7.89. The monoisotopic (exact) mass is 254 g/mol. The summed E-state index contributed by atoms with van der Waals surface area (Å²) in [5.74, 6) is 0. The number of rotatable bonds is 3. The highest BCUT2D eigenvalue weighted by Gasteiger charge is 2.34. The SMILES string of the molecule is Cc1cccc(S(=O)(=O)N2CCCC2CN)c1. The minimum absolute atomic E-state index is 0.0412. The summed E-state index contributed by atoms with van der Waals surface area (Å²) in [5, 5.41) is 0. The Hall–Kier alpha value is -0.910. The molecule has 0 amide bonds. The lowest BCUT2D eigenvalue weighted by Gasteiger charge is -2.22. The van der Waals surface area contributed by atoms with Crippen molar-refractivity contribution in [1.82, 2.24) is 4.31 Å². The standard InChI is InChI=1S/C12H18N2O2S/c1-10-4-2-6-12(8-10)17(15,16)14-7-3-5-11(14)9-13/h2,4,6,8,11H,3,5,7,9,13H2,1H3. The zero-order valence-electron chi connectivity index (χ0n) is 9.96. The van der Waals surface area contributed by atoms with Crippen LogP contribution in [0.4, 0.5) is 0 Å². The number of nitrogens with zero attached hydrogens (tertiary/aromatic N) is 1. The summed E-state index contributed by atoms with van der Waals surface area (Å²) >= 11 is 0. The highest BCUT2D eigenvalue weighted by atomic mass is 32.2. The fourth-order valence-corrected chi connectivity index (χ4v) is 4.08. The molecule has 0 radical (unpaired) electrons. The fraction of sp³-hybridized carbons (Fsp3) is 0.500. The lowest BCUT2D eigenvalue weighted by Crippen LogP contribution is -2.39. The van der Waals surface area contributed by atoms with Crippen molar-refractivity contribution in [2.24, 2.45) is 5.73 Å². The Labute approximate surface area is 102 Å². The van der Waals surface area contributed by atoms with Gasteiger partial charge in [0.15, 0.2) is 0 Å². The van der Waals surface area contributed by atoms with Crippen LogP contribution in [0.2, 0.25) is 0 Å². The van der Waals surface area contributed by atoms with Gasteiger partial charge in [0.25, 0.3) is 0 Å². The van der Waals surface area contributed by atoms with Gasteiger partial charge in [-0.2, -0.15) is 4.31 Å². The second-order valence-electron chi connectivity index (χ2n) is 4.46. The van der Waals surface area contributed by atoms with Gasteiger partial charge in [-0.05, 0) is 37.5 Å². The van der Waals surface area contributed by atoms with E-state index in [0.717, 1.165) is 18.4 Å². The molecule has 1 aliphatic rings. The zero-order valence-corrected chi connectivity index (χ0v) is 10.8. The zero-order chi connectivity index (χ0) is 12.5. The summed E-state index contributed by atoms with van der Waals surface area (Å²) in [4.78, 5) is 0.373. The maximum absolute atomic E-state index is 12.4. The molecule has 2 rings (SSSR count). The molecule has 1 fully saturated rings. The van der Waals surface area contributed by atoms with Gasteiger partial charge >= 0.3 is 0 Å². The third-order valence-corrected chi connectivity index (χ3v) is 5.14. The van der Waals surface area contributed by atoms with Crippen LogP contribution in [0.3, 0.4) is 0 Å². The molecule has 0 saturated carbocycles. The number of aryl methyl sites for hydroxylation is 1. The van der Waals surface area contributed by atoms with Gasteiger partial charge in [-0.3, -0.25) is 0 Å². The van der Waals surface area contributed by atoms with E-state index in [1.807, 2.05) is 13.0 Å². The van der Waals surface area contributed by atoms with E-state index in [9.17, 15) is 8.42 Å². The lowest BCUT2D eigenvalue weighted by molar-refractivity contribution is 0.393. The highest BCUT2D eigenvalue weighted by Crippen LogP contribution is 2.25. The first-order chi connectivity index (χ1) is 8.05. The second-order valence-corrected chi connectivity index (χ2v) is 6.35. The van der Waals surface area contributed by atoms with Gasteiger partial charge in [0.05, 0.1) is 4.90 Å². The molecule has 0 aliphatic carbocycles. The summed E-state index contributed by atoms with van der Waals surface area (Å²) in [5.41, 5.74) is 6.58. The van der Waals surface area contributed by atoms with E-state index in [-0.39, 0.29) is 6.04 Å². The topological polar surface area (TPSA) is 63.4 Å². The summed E-state index contributed by atoms with van der Waals surface area (Å²) in [6, 6.07) is 6.98. The van der Waals surface area contributed by atoms with Crippen molar-refractivity contribution >= 4 is 10.0 Å². The molecule has 1 aliphatic heterocycles. The molecule has 94 valence electrons. The van der Waals surface area contributed by atoms with E-state index in [1.54, 1.807) is 22.5 Å². The molecule has 17 heavy (non-hydrogen) atoms. The van der Waals surface area contributed by atoms with Gasteiger partial charge in [0.2, 0.25) is 10.0 Å². The minimum Gasteiger partial charge on any atom is -0.329 e. The van der Waals surface area contributed by atoms with E-state index in [0.29, 0.717) is 18.0 Å². The summed E-state index contributed by atoms with van der Waals surface area (Å²) in [6.45, 7) is 2.87. The number of hydrogen-bond acceptors (Lipinski definition) is 3. The molecule has 1 atom stereocenters. The lowest BCUT2D eigenvalue weighted by atomic mass is 10.2. The Balaban J connectivity index is 2.36. The molecule has 1 aromatic rings. The Morgan fingerprint density at radius 2 is 2.24 bits per heavy atom. The molecule has 0 aromatic heterocycles. The quantitative estimate of drug-likeness (QED) is 0.878. The van der Waals surface area contributed by atoms with Crippen LogP contribution in [-0.4, -0.2) is 31.9 Å². The smallest absolute Gasteiger partial charge is 0.243 e. The second kappa shape index (κ2) is 4.76. The molecule has 2 N–H and O–H groups in total. The summed E-state index contributed by atoms with van der Waals surface area (Å²) < 4.78 is 26.4. The summed E-state index contributed by atoms with van der Waals surface area (Å²) in [7, 11) is -3.37. The van der Waals surface area contributed by atoms with Gasteiger partial charge in [0.1, 0.15) is 0 Å². The first-order valence-corrected chi connectivity index (χ1v) is 7.28. The number of benzene rings is 1. The van der Waals surface area contributed by atoms with Crippen LogP contribution >= 0.6 is 0 Å². The summed E-state index contributed by atoms with van der Waals surface area (Å²) in [6.07, 6.45) is 1.76. The number of hydrogen-bond donors (Lipinski definition) is 1. The van der Waals surface area contributed by atoms with Gasteiger partial charge in [0, 0.05) is 19.1 Å². The molecule has 1 aromatic carbocycles. The van der Waals surface area contributed by atoms with Crippen LogP contribution in [0, 0.1) is 6.92 Å². The van der Waals surface area contributed by atoms with Crippen LogP contribution in [0.1, 0.15) is 18.4 Å². The van der Waals surface area contributed by atoms with Crippen molar-refractivity contribution < 1.29 is 8.42 Å². The average molecular weight is 254 g/mol. The first-order valence-electron chi connectivity index (χ1n) is 5.84.